The van der Waals surface area contributed by atoms with E-state index in [1.807, 2.05) is 43.3 Å². The predicted molar refractivity (Wildman–Crippen MR) is 131 cm³/mol. The first-order valence-corrected chi connectivity index (χ1v) is 11.2. The Morgan fingerprint density at radius 1 is 0.971 bits per heavy atom. The van der Waals surface area contributed by atoms with Crippen molar-refractivity contribution in [2.45, 2.75) is 18.9 Å². The fourth-order valence-electron chi connectivity index (χ4n) is 4.25. The van der Waals surface area contributed by atoms with E-state index in [-0.39, 0.29) is 30.3 Å². The first-order chi connectivity index (χ1) is 16.9. The Morgan fingerprint density at radius 3 is 2.20 bits per heavy atom. The van der Waals surface area contributed by atoms with Gasteiger partial charge in [-0.2, -0.15) is 0 Å². The highest BCUT2D eigenvalue weighted by Gasteiger charge is 2.29. The van der Waals surface area contributed by atoms with E-state index in [9.17, 15) is 14.4 Å². The molecule has 2 amide bonds. The van der Waals surface area contributed by atoms with Crippen LogP contribution in [0.1, 0.15) is 33.0 Å². The molecule has 0 aromatic heterocycles. The third kappa shape index (κ3) is 5.17. The van der Waals surface area contributed by atoms with E-state index in [1.165, 1.54) is 7.11 Å². The van der Waals surface area contributed by atoms with Crippen LogP contribution in [-0.2, 0) is 14.3 Å². The minimum Gasteiger partial charge on any atom is -0.479 e. The molecule has 35 heavy (non-hydrogen) atoms. The summed E-state index contributed by atoms with van der Waals surface area (Å²) in [6.07, 6.45) is -1.87. The number of ether oxygens (including phenoxy) is 2. The van der Waals surface area contributed by atoms with Crippen molar-refractivity contribution in [1.29, 1.82) is 0 Å². The summed E-state index contributed by atoms with van der Waals surface area (Å²) in [5.74, 6) is -1.81. The maximum absolute atomic E-state index is 12.7. The summed E-state index contributed by atoms with van der Waals surface area (Å²) in [5, 5.41) is 14.3. The van der Waals surface area contributed by atoms with E-state index in [1.54, 1.807) is 18.2 Å². The van der Waals surface area contributed by atoms with Crippen LogP contribution in [0.4, 0.5) is 10.5 Å². The zero-order valence-electron chi connectivity index (χ0n) is 19.4. The van der Waals surface area contributed by atoms with Crippen molar-refractivity contribution in [2.24, 2.45) is 0 Å². The number of benzene rings is 3. The van der Waals surface area contributed by atoms with Gasteiger partial charge in [0.25, 0.3) is 5.91 Å². The molecule has 1 unspecified atom stereocenters. The molecule has 8 heteroatoms. The minimum atomic E-state index is -1.19. The molecule has 1 aliphatic rings. The van der Waals surface area contributed by atoms with Gasteiger partial charge in [-0.3, -0.25) is 10.1 Å². The summed E-state index contributed by atoms with van der Waals surface area (Å²) >= 11 is 0. The van der Waals surface area contributed by atoms with Gasteiger partial charge >= 0.3 is 12.1 Å². The highest BCUT2D eigenvalue weighted by molar-refractivity contribution is 6.03. The van der Waals surface area contributed by atoms with Crippen LogP contribution >= 0.6 is 0 Å². The highest BCUT2D eigenvalue weighted by Crippen LogP contribution is 2.44. The second kappa shape index (κ2) is 10.4. The molecular weight excluding hydrogens is 448 g/mol. The van der Waals surface area contributed by atoms with Crippen molar-refractivity contribution in [3.05, 3.63) is 89.0 Å². The Labute approximate surface area is 202 Å². The molecule has 8 nitrogen and oxygen atoms in total. The summed E-state index contributed by atoms with van der Waals surface area (Å²) < 4.78 is 10.4. The highest BCUT2D eigenvalue weighted by atomic mass is 16.5. The van der Waals surface area contributed by atoms with Crippen LogP contribution in [0.15, 0.2) is 66.7 Å². The number of fused-ring (bicyclic) bond motifs is 3. The van der Waals surface area contributed by atoms with Crippen LogP contribution in [0.2, 0.25) is 0 Å². The lowest BCUT2D eigenvalue weighted by Gasteiger charge is -2.16. The zero-order chi connectivity index (χ0) is 24.9. The van der Waals surface area contributed by atoms with Crippen LogP contribution in [0.5, 0.6) is 0 Å². The van der Waals surface area contributed by atoms with Crippen molar-refractivity contribution < 1.29 is 29.0 Å². The number of aryl methyl sites for hydroxylation is 1. The number of carboxylic acids is 1. The second-order valence-corrected chi connectivity index (χ2v) is 8.27. The summed E-state index contributed by atoms with van der Waals surface area (Å²) in [4.78, 5) is 36.6. The molecule has 0 heterocycles. The fraction of sp³-hybridized carbons (Fsp3) is 0.222. The quantitative estimate of drug-likeness (QED) is 0.451. The van der Waals surface area contributed by atoms with Crippen LogP contribution in [0.3, 0.4) is 0 Å². The molecule has 0 spiro atoms. The van der Waals surface area contributed by atoms with Crippen molar-refractivity contribution in [3.8, 4) is 11.1 Å². The number of anilines is 1. The maximum atomic E-state index is 12.7. The van der Waals surface area contributed by atoms with E-state index in [2.05, 4.69) is 22.8 Å². The van der Waals surface area contributed by atoms with Gasteiger partial charge in [0.2, 0.25) is 0 Å². The average molecular weight is 475 g/mol. The fourth-order valence-corrected chi connectivity index (χ4v) is 4.25. The van der Waals surface area contributed by atoms with Gasteiger partial charge in [0, 0.05) is 13.0 Å². The number of carboxylic acid groups (broad SMARTS) is 1. The molecule has 3 aromatic carbocycles. The van der Waals surface area contributed by atoms with Crippen molar-refractivity contribution in [3.63, 3.8) is 0 Å². The standard InChI is InChI=1S/C27H26N2O6/c1-16-11-12-23(21(13-16)25(30)28-14-24(34-2)26(31)32)29-27(33)35-15-22-19-9-5-3-7-17(19)18-8-4-6-10-20(18)22/h3-13,22,24H,14-15H2,1-2H3,(H,28,30)(H,29,33)(H,31,32). The van der Waals surface area contributed by atoms with Crippen molar-refractivity contribution >= 4 is 23.7 Å². The SMILES string of the molecule is COC(CNC(=O)c1cc(C)ccc1NC(=O)OCC1c2ccccc2-c2ccccc21)C(=O)O. The van der Waals surface area contributed by atoms with Gasteiger partial charge in [-0.15, -0.1) is 0 Å². The first-order valence-electron chi connectivity index (χ1n) is 11.2. The number of carbonyl (C=O) groups excluding carboxylic acids is 2. The minimum absolute atomic E-state index is 0.0871. The summed E-state index contributed by atoms with van der Waals surface area (Å²) in [6, 6.07) is 21.1. The molecule has 0 radical (unpaired) electrons. The number of hydrogen-bond donors (Lipinski definition) is 3. The van der Waals surface area contributed by atoms with Gasteiger partial charge in [0.15, 0.2) is 6.10 Å². The molecule has 180 valence electrons. The first kappa shape index (κ1) is 24.0. The third-order valence-electron chi connectivity index (χ3n) is 6.01. The van der Waals surface area contributed by atoms with E-state index >= 15 is 0 Å². The van der Waals surface area contributed by atoms with Crippen LogP contribution < -0.4 is 10.6 Å². The molecule has 3 aromatic rings. The van der Waals surface area contributed by atoms with Gasteiger partial charge < -0.3 is 19.9 Å². The monoisotopic (exact) mass is 474 g/mol. The Bertz CT molecular complexity index is 1230. The number of hydrogen-bond acceptors (Lipinski definition) is 5. The summed E-state index contributed by atoms with van der Waals surface area (Å²) in [7, 11) is 1.25. The van der Waals surface area contributed by atoms with E-state index in [0.29, 0.717) is 0 Å². The number of methoxy groups -OCH3 is 1. The van der Waals surface area contributed by atoms with Gasteiger partial charge in [-0.1, -0.05) is 60.2 Å². The molecule has 0 fully saturated rings. The number of carbonyl (C=O) groups is 3. The van der Waals surface area contributed by atoms with Crippen LogP contribution in [0.25, 0.3) is 11.1 Å². The predicted octanol–water partition coefficient (Wildman–Crippen LogP) is 4.19. The Balaban J connectivity index is 1.45. The molecule has 0 saturated carbocycles. The van der Waals surface area contributed by atoms with E-state index in [0.717, 1.165) is 27.8 Å². The lowest BCUT2D eigenvalue weighted by Crippen LogP contribution is -2.38. The lowest BCUT2D eigenvalue weighted by atomic mass is 9.98. The zero-order valence-corrected chi connectivity index (χ0v) is 19.4. The van der Waals surface area contributed by atoms with Gasteiger partial charge in [-0.25, -0.2) is 9.59 Å². The summed E-state index contributed by atoms with van der Waals surface area (Å²) in [6.45, 7) is 1.73. The second-order valence-electron chi connectivity index (χ2n) is 8.27. The third-order valence-corrected chi connectivity index (χ3v) is 6.01. The van der Waals surface area contributed by atoms with Gasteiger partial charge in [-0.05, 0) is 41.3 Å². The molecule has 3 N–H and O–H groups in total. The number of amides is 2. The maximum Gasteiger partial charge on any atom is 0.411 e. The number of nitrogens with one attached hydrogen (secondary N) is 2. The molecule has 0 saturated heterocycles. The lowest BCUT2D eigenvalue weighted by molar-refractivity contribution is -0.148. The number of aliphatic carboxylic acids is 1. The van der Waals surface area contributed by atoms with Crippen LogP contribution in [0, 0.1) is 6.92 Å². The largest absolute Gasteiger partial charge is 0.479 e. The molecule has 4 rings (SSSR count). The molecular formula is C27H26N2O6. The molecule has 0 bridgehead atoms. The smallest absolute Gasteiger partial charge is 0.411 e. The van der Waals surface area contributed by atoms with Gasteiger partial charge in [0.1, 0.15) is 6.61 Å². The molecule has 0 aliphatic heterocycles. The Morgan fingerprint density at radius 2 is 1.60 bits per heavy atom. The topological polar surface area (TPSA) is 114 Å². The van der Waals surface area contributed by atoms with Gasteiger partial charge in [0.05, 0.1) is 17.8 Å². The van der Waals surface area contributed by atoms with E-state index < -0.39 is 24.1 Å². The van der Waals surface area contributed by atoms with Crippen LogP contribution in [-0.4, -0.2) is 49.4 Å². The average Bonchev–Trinajstić information content (AvgIpc) is 3.17. The van der Waals surface area contributed by atoms with Crippen molar-refractivity contribution in [1.82, 2.24) is 5.32 Å². The Hall–Kier alpha value is -4.17. The molecule has 1 aliphatic carbocycles. The van der Waals surface area contributed by atoms with E-state index in [4.69, 9.17) is 14.6 Å². The summed E-state index contributed by atoms with van der Waals surface area (Å²) in [5.41, 5.74) is 5.71. The number of rotatable bonds is 8. The van der Waals surface area contributed by atoms with Crippen molar-refractivity contribution in [2.75, 3.05) is 25.6 Å². The normalized spacial score (nSPS) is 12.9. The molecule has 1 atom stereocenters. The Kier molecular flexibility index (Phi) is 7.12.